The van der Waals surface area contributed by atoms with Gasteiger partial charge in [0.05, 0.1) is 5.69 Å². The molecule has 10 heteroatoms. The van der Waals surface area contributed by atoms with E-state index in [9.17, 15) is 4.79 Å². The van der Waals surface area contributed by atoms with E-state index in [0.717, 1.165) is 28.0 Å². The molecule has 0 fully saturated rings. The first-order chi connectivity index (χ1) is 14.6. The Morgan fingerprint density at radius 3 is 2.97 bits per heavy atom. The first-order valence-corrected chi connectivity index (χ1v) is 9.39. The molecule has 5 N–H and O–H groups in total. The summed E-state index contributed by atoms with van der Waals surface area (Å²) in [6, 6.07) is 11.3. The van der Waals surface area contributed by atoms with Crippen LogP contribution in [-0.4, -0.2) is 38.1 Å². The lowest BCUT2D eigenvalue weighted by Crippen LogP contribution is -2.11. The summed E-state index contributed by atoms with van der Waals surface area (Å²) >= 11 is 0. The maximum atomic E-state index is 12.5. The minimum Gasteiger partial charge on any atom is -0.404 e. The molecular formula is C20H18N8O2. The molecular weight excluding hydrogens is 384 g/mol. The van der Waals surface area contributed by atoms with Crippen LogP contribution in [-0.2, 0) is 4.79 Å². The maximum absolute atomic E-state index is 12.5. The molecule has 150 valence electrons. The third kappa shape index (κ3) is 3.13. The van der Waals surface area contributed by atoms with Crippen molar-refractivity contribution in [2.75, 3.05) is 22.9 Å². The second kappa shape index (κ2) is 6.99. The van der Waals surface area contributed by atoms with Crippen LogP contribution in [0.15, 0.2) is 46.9 Å². The number of carbonyl (C=O) groups is 1. The molecule has 1 atom stereocenters. The smallest absolute Gasteiger partial charge is 0.313 e. The fraction of sp³-hybridized carbons (Fsp3) is 0.150. The average Bonchev–Trinajstić information content (AvgIpc) is 3.46. The van der Waals surface area contributed by atoms with Crippen molar-refractivity contribution in [1.29, 1.82) is 0 Å². The number of fused-ring (bicyclic) bond motifs is 3. The van der Waals surface area contributed by atoms with Crippen LogP contribution in [0.4, 0.5) is 17.4 Å². The number of aromatic nitrogens is 5. The Bertz CT molecular complexity index is 1290. The van der Waals surface area contributed by atoms with Crippen LogP contribution in [0.1, 0.15) is 12.5 Å². The molecule has 1 aliphatic heterocycles. The standard InChI is InChI=1S/C20H18N8O2/c1-10(9-22-12-4-2-3-11(8-12)19-26-27-20(21)30-19)7-13-16-14(23-18(13)29)5-6-15-17(16)25-28-24-15/h2-8,10,22H,9H2,1H3,(H2,21,27)(H,23,29)(H,24,25,28). The van der Waals surface area contributed by atoms with Crippen molar-refractivity contribution in [3.05, 3.63) is 48.0 Å². The summed E-state index contributed by atoms with van der Waals surface area (Å²) in [5.41, 5.74) is 10.7. The van der Waals surface area contributed by atoms with Crippen LogP contribution in [0.25, 0.3) is 28.1 Å². The van der Waals surface area contributed by atoms with Gasteiger partial charge in [-0.15, -0.1) is 5.10 Å². The number of nitrogens with two attached hydrogens (primary N) is 1. The molecule has 1 aliphatic rings. The number of hydrogen-bond acceptors (Lipinski definition) is 8. The molecule has 30 heavy (non-hydrogen) atoms. The van der Waals surface area contributed by atoms with Gasteiger partial charge in [0.25, 0.3) is 5.91 Å². The first kappa shape index (κ1) is 17.9. The molecule has 10 nitrogen and oxygen atoms in total. The highest BCUT2D eigenvalue weighted by Crippen LogP contribution is 2.36. The highest BCUT2D eigenvalue weighted by Gasteiger charge is 2.28. The predicted octanol–water partition coefficient (Wildman–Crippen LogP) is 2.67. The fourth-order valence-corrected chi connectivity index (χ4v) is 3.49. The third-order valence-corrected chi connectivity index (χ3v) is 4.88. The summed E-state index contributed by atoms with van der Waals surface area (Å²) in [5, 5.41) is 24.8. The summed E-state index contributed by atoms with van der Waals surface area (Å²) in [4.78, 5) is 12.5. The van der Waals surface area contributed by atoms with E-state index in [-0.39, 0.29) is 17.8 Å². The van der Waals surface area contributed by atoms with Crippen LogP contribution in [0.3, 0.4) is 0 Å². The number of H-pyrrole nitrogens is 1. The van der Waals surface area contributed by atoms with Gasteiger partial charge >= 0.3 is 6.01 Å². The normalized spacial score (nSPS) is 15.4. The number of nitrogens with one attached hydrogen (secondary N) is 3. The van der Waals surface area contributed by atoms with E-state index in [1.165, 1.54) is 0 Å². The van der Waals surface area contributed by atoms with E-state index < -0.39 is 0 Å². The van der Waals surface area contributed by atoms with Crippen molar-refractivity contribution in [2.24, 2.45) is 5.92 Å². The molecule has 1 amide bonds. The Morgan fingerprint density at radius 1 is 1.23 bits per heavy atom. The number of anilines is 3. The Morgan fingerprint density at radius 2 is 2.13 bits per heavy atom. The van der Waals surface area contributed by atoms with E-state index >= 15 is 0 Å². The Hall–Kier alpha value is -4.21. The van der Waals surface area contributed by atoms with Crippen molar-refractivity contribution in [3.8, 4) is 11.5 Å². The number of nitrogen functional groups attached to an aromatic ring is 1. The van der Waals surface area contributed by atoms with E-state index in [1.54, 1.807) is 0 Å². The molecule has 2 aromatic heterocycles. The summed E-state index contributed by atoms with van der Waals surface area (Å²) in [6.07, 6.45) is 1.95. The lowest BCUT2D eigenvalue weighted by atomic mass is 10.0. The summed E-state index contributed by atoms with van der Waals surface area (Å²) in [5.74, 6) is 0.298. The number of rotatable bonds is 5. The van der Waals surface area contributed by atoms with Gasteiger partial charge in [-0.05, 0) is 36.2 Å². The molecule has 0 saturated heterocycles. The highest BCUT2D eigenvalue weighted by atomic mass is 16.4. The first-order valence-electron chi connectivity index (χ1n) is 9.39. The Labute approximate surface area is 170 Å². The minimum atomic E-state index is -0.136. The molecule has 3 heterocycles. The largest absolute Gasteiger partial charge is 0.404 e. The van der Waals surface area contributed by atoms with Gasteiger partial charge in [-0.1, -0.05) is 24.2 Å². The van der Waals surface area contributed by atoms with Gasteiger partial charge in [-0.2, -0.15) is 15.4 Å². The van der Waals surface area contributed by atoms with Crippen LogP contribution in [0.2, 0.25) is 0 Å². The predicted molar refractivity (Wildman–Crippen MR) is 112 cm³/mol. The molecule has 2 aromatic carbocycles. The molecule has 0 spiro atoms. The van der Waals surface area contributed by atoms with Gasteiger partial charge in [0.15, 0.2) is 0 Å². The van der Waals surface area contributed by atoms with Gasteiger partial charge in [0, 0.05) is 28.9 Å². The van der Waals surface area contributed by atoms with Crippen LogP contribution < -0.4 is 16.4 Å². The molecule has 0 saturated carbocycles. The van der Waals surface area contributed by atoms with E-state index in [4.69, 9.17) is 10.2 Å². The van der Waals surface area contributed by atoms with Gasteiger partial charge in [0.2, 0.25) is 5.89 Å². The molecule has 0 bridgehead atoms. The zero-order chi connectivity index (χ0) is 20.7. The number of carbonyl (C=O) groups excluding carboxylic acids is 1. The second-order valence-electron chi connectivity index (χ2n) is 7.10. The monoisotopic (exact) mass is 402 g/mol. The van der Waals surface area contributed by atoms with Crippen molar-refractivity contribution >= 4 is 39.9 Å². The quantitative estimate of drug-likeness (QED) is 0.372. The van der Waals surface area contributed by atoms with Crippen molar-refractivity contribution in [1.82, 2.24) is 25.6 Å². The number of nitrogens with zero attached hydrogens (tertiary/aromatic N) is 4. The van der Waals surface area contributed by atoms with Gasteiger partial charge in [0.1, 0.15) is 11.0 Å². The topological polar surface area (TPSA) is 148 Å². The molecule has 0 radical (unpaired) electrons. The van der Waals surface area contributed by atoms with Crippen LogP contribution in [0, 0.1) is 5.92 Å². The van der Waals surface area contributed by atoms with Gasteiger partial charge < -0.3 is 20.8 Å². The Kier molecular flexibility index (Phi) is 4.16. The molecule has 4 aromatic rings. The zero-order valence-electron chi connectivity index (χ0n) is 16.0. The van der Waals surface area contributed by atoms with Gasteiger partial charge in [-0.3, -0.25) is 4.79 Å². The summed E-state index contributed by atoms with van der Waals surface area (Å²) < 4.78 is 5.27. The molecule has 5 rings (SSSR count). The second-order valence-corrected chi connectivity index (χ2v) is 7.10. The summed E-state index contributed by atoms with van der Waals surface area (Å²) in [7, 11) is 0. The fourth-order valence-electron chi connectivity index (χ4n) is 3.49. The average molecular weight is 402 g/mol. The van der Waals surface area contributed by atoms with E-state index in [1.807, 2.05) is 49.4 Å². The minimum absolute atomic E-state index is 0.0277. The van der Waals surface area contributed by atoms with Crippen molar-refractivity contribution in [3.63, 3.8) is 0 Å². The Balaban J connectivity index is 1.35. The zero-order valence-corrected chi connectivity index (χ0v) is 16.0. The molecule has 1 unspecified atom stereocenters. The number of amides is 1. The van der Waals surface area contributed by atoms with Crippen LogP contribution in [0.5, 0.6) is 0 Å². The van der Waals surface area contributed by atoms with Crippen LogP contribution >= 0.6 is 0 Å². The van der Waals surface area contributed by atoms with Gasteiger partial charge in [-0.25, -0.2) is 0 Å². The highest BCUT2D eigenvalue weighted by molar-refractivity contribution is 6.34. The summed E-state index contributed by atoms with van der Waals surface area (Å²) in [6.45, 7) is 2.66. The lowest BCUT2D eigenvalue weighted by molar-refractivity contribution is -0.110. The van der Waals surface area contributed by atoms with E-state index in [2.05, 4.69) is 36.2 Å². The van der Waals surface area contributed by atoms with Crippen molar-refractivity contribution < 1.29 is 9.21 Å². The number of hydrogen-bond donors (Lipinski definition) is 4. The third-order valence-electron chi connectivity index (χ3n) is 4.88. The van der Waals surface area contributed by atoms with Crippen molar-refractivity contribution in [2.45, 2.75) is 6.92 Å². The number of benzene rings is 2. The molecule has 0 aliphatic carbocycles. The van der Waals surface area contributed by atoms with E-state index in [0.29, 0.717) is 23.5 Å². The lowest BCUT2D eigenvalue weighted by Gasteiger charge is -2.11. The maximum Gasteiger partial charge on any atom is 0.313 e. The SMILES string of the molecule is CC(C=C1C(=O)Nc2ccc3n[nH]nc3c21)CNc1cccc(-c2nnc(N)o2)c1. The number of aromatic amines is 1.